The number of para-hydroxylation sites is 1. The number of nitrogens with two attached hydrogens (primary N) is 1. The van der Waals surface area contributed by atoms with Crippen LogP contribution in [0.3, 0.4) is 0 Å². The van der Waals surface area contributed by atoms with Gasteiger partial charge in [-0.15, -0.1) is 11.8 Å². The van der Waals surface area contributed by atoms with Crippen molar-refractivity contribution in [1.82, 2.24) is 0 Å². The van der Waals surface area contributed by atoms with Crippen LogP contribution >= 0.6 is 11.8 Å². The molecule has 1 atom stereocenters. The Kier molecular flexibility index (Phi) is 6.51. The molecule has 2 aliphatic rings. The van der Waals surface area contributed by atoms with Crippen molar-refractivity contribution in [3.8, 4) is 0 Å². The molecule has 4 rings (SSSR count). The van der Waals surface area contributed by atoms with Gasteiger partial charge in [-0.3, -0.25) is 14.6 Å². The summed E-state index contributed by atoms with van der Waals surface area (Å²) in [6.07, 6.45) is 1.82. The largest absolute Gasteiger partial charge is 0.364 e. The molecule has 1 unspecified atom stereocenters. The second-order valence-electron chi connectivity index (χ2n) is 8.36. The summed E-state index contributed by atoms with van der Waals surface area (Å²) in [5, 5.41) is 0. The van der Waals surface area contributed by atoms with Gasteiger partial charge in [0.2, 0.25) is 0 Å². The van der Waals surface area contributed by atoms with E-state index in [1.807, 2.05) is 36.1 Å². The molecule has 5 nitrogen and oxygen atoms in total. The number of amides is 2. The molecule has 2 amide bonds. The van der Waals surface area contributed by atoms with Gasteiger partial charge >= 0.3 is 0 Å². The lowest BCUT2D eigenvalue weighted by atomic mass is 9.91. The highest BCUT2D eigenvalue weighted by molar-refractivity contribution is 7.99. The Hall–Kier alpha value is -2.86. The molecule has 2 N–H and O–H groups in total. The number of carbonyl (C=O) groups excluding carboxylic acids is 2. The lowest BCUT2D eigenvalue weighted by Gasteiger charge is -2.31. The smallest absolute Gasteiger partial charge is 0.267 e. The summed E-state index contributed by atoms with van der Waals surface area (Å²) >= 11 is 1.79. The van der Waals surface area contributed by atoms with Crippen LogP contribution in [0, 0.1) is 13.8 Å². The molecule has 0 fully saturated rings. The molecule has 2 aromatic carbocycles. The SMILES string of the molecule is CCSc1cc(C)cc(C2CCC3=C(CCN(c4ccccc4C)C3=O)C(C(N)=O)=N2)c1. The molecule has 0 radical (unpaired) electrons. The zero-order chi connectivity index (χ0) is 22.8. The molecule has 2 heterocycles. The van der Waals surface area contributed by atoms with Gasteiger partial charge in [-0.05, 0) is 79.3 Å². The van der Waals surface area contributed by atoms with Gasteiger partial charge in [0.25, 0.3) is 11.8 Å². The van der Waals surface area contributed by atoms with E-state index in [4.69, 9.17) is 10.7 Å². The van der Waals surface area contributed by atoms with E-state index in [1.54, 1.807) is 11.8 Å². The summed E-state index contributed by atoms with van der Waals surface area (Å²) < 4.78 is 0. The van der Waals surface area contributed by atoms with Crippen LogP contribution in [0.1, 0.15) is 48.9 Å². The van der Waals surface area contributed by atoms with Gasteiger partial charge in [0, 0.05) is 22.7 Å². The number of aryl methyl sites for hydroxylation is 2. The van der Waals surface area contributed by atoms with Gasteiger partial charge in [-0.1, -0.05) is 31.2 Å². The average Bonchev–Trinajstić information content (AvgIpc) is 2.95. The van der Waals surface area contributed by atoms with Crippen molar-refractivity contribution < 1.29 is 9.59 Å². The first kappa shape index (κ1) is 22.3. The molecule has 0 aliphatic carbocycles. The molecule has 6 heteroatoms. The zero-order valence-corrected chi connectivity index (χ0v) is 19.7. The molecular weight excluding hydrogens is 418 g/mol. The Morgan fingerprint density at radius 1 is 1.16 bits per heavy atom. The number of benzene rings is 2. The predicted octanol–water partition coefficient (Wildman–Crippen LogP) is 4.91. The lowest BCUT2D eigenvalue weighted by molar-refractivity contribution is -0.115. The molecule has 0 spiro atoms. The van der Waals surface area contributed by atoms with E-state index < -0.39 is 5.91 Å². The first-order valence-corrected chi connectivity index (χ1v) is 12.1. The maximum Gasteiger partial charge on any atom is 0.267 e. The number of rotatable bonds is 5. The number of aliphatic imine (C=N–C) groups is 1. The standard InChI is InChI=1S/C26H29N3O2S/c1-4-32-19-14-16(2)13-18(15-19)22-10-9-21-20(24(28-22)25(27)30)11-12-29(26(21)31)23-8-6-5-7-17(23)3/h5-8,13-15,22H,4,9-12H2,1-3H3,(H2,27,30). The van der Waals surface area contributed by atoms with Crippen LogP contribution in [-0.4, -0.2) is 29.8 Å². The van der Waals surface area contributed by atoms with Crippen molar-refractivity contribution in [1.29, 1.82) is 0 Å². The van der Waals surface area contributed by atoms with Crippen LogP contribution in [-0.2, 0) is 9.59 Å². The first-order chi connectivity index (χ1) is 15.4. The van der Waals surface area contributed by atoms with Crippen molar-refractivity contribution in [2.45, 2.75) is 51.0 Å². The Bertz CT molecular complexity index is 1140. The third-order valence-corrected chi connectivity index (χ3v) is 6.96. The molecule has 0 bridgehead atoms. The van der Waals surface area contributed by atoms with Gasteiger partial charge < -0.3 is 10.6 Å². The van der Waals surface area contributed by atoms with Gasteiger partial charge in [-0.2, -0.15) is 0 Å². The average molecular weight is 448 g/mol. The van der Waals surface area contributed by atoms with E-state index in [-0.39, 0.29) is 17.7 Å². The quantitative estimate of drug-likeness (QED) is 0.662. The van der Waals surface area contributed by atoms with E-state index in [0.29, 0.717) is 31.4 Å². The minimum atomic E-state index is -0.558. The molecule has 0 saturated carbocycles. The number of primary amides is 1. The molecule has 166 valence electrons. The van der Waals surface area contributed by atoms with Gasteiger partial charge in [0.05, 0.1) is 6.04 Å². The van der Waals surface area contributed by atoms with Gasteiger partial charge in [-0.25, -0.2) is 0 Å². The van der Waals surface area contributed by atoms with Crippen LogP contribution in [0.15, 0.2) is 63.5 Å². The Labute approximate surface area is 193 Å². The van der Waals surface area contributed by atoms with Crippen molar-refractivity contribution in [3.05, 3.63) is 70.3 Å². The summed E-state index contributed by atoms with van der Waals surface area (Å²) in [5.41, 5.74) is 11.7. The Morgan fingerprint density at radius 3 is 2.66 bits per heavy atom. The summed E-state index contributed by atoms with van der Waals surface area (Å²) in [7, 11) is 0. The third-order valence-electron chi connectivity index (χ3n) is 6.10. The zero-order valence-electron chi connectivity index (χ0n) is 18.9. The highest BCUT2D eigenvalue weighted by Crippen LogP contribution is 2.37. The summed E-state index contributed by atoms with van der Waals surface area (Å²) in [5.74, 6) is 0.390. The van der Waals surface area contributed by atoms with Crippen molar-refractivity contribution >= 4 is 35.0 Å². The van der Waals surface area contributed by atoms with E-state index in [2.05, 4.69) is 32.0 Å². The number of carbonyl (C=O) groups is 2. The van der Waals surface area contributed by atoms with Crippen molar-refractivity contribution in [2.24, 2.45) is 10.7 Å². The highest BCUT2D eigenvalue weighted by Gasteiger charge is 2.34. The monoisotopic (exact) mass is 447 g/mol. The van der Waals surface area contributed by atoms with Crippen LogP contribution in [0.4, 0.5) is 5.69 Å². The van der Waals surface area contributed by atoms with Crippen LogP contribution < -0.4 is 10.6 Å². The minimum Gasteiger partial charge on any atom is -0.364 e. The van der Waals surface area contributed by atoms with Crippen LogP contribution in [0.5, 0.6) is 0 Å². The number of hydrogen-bond donors (Lipinski definition) is 1. The topological polar surface area (TPSA) is 75.8 Å². The fourth-order valence-electron chi connectivity index (χ4n) is 4.64. The maximum atomic E-state index is 13.5. The van der Waals surface area contributed by atoms with E-state index >= 15 is 0 Å². The highest BCUT2D eigenvalue weighted by atomic mass is 32.2. The maximum absolute atomic E-state index is 13.5. The molecular formula is C26H29N3O2S. The third kappa shape index (κ3) is 4.37. The molecule has 2 aliphatic heterocycles. The number of hydrogen-bond acceptors (Lipinski definition) is 4. The lowest BCUT2D eigenvalue weighted by Crippen LogP contribution is -2.40. The van der Waals surface area contributed by atoms with Crippen LogP contribution in [0.2, 0.25) is 0 Å². The number of anilines is 1. The first-order valence-electron chi connectivity index (χ1n) is 11.1. The predicted molar refractivity (Wildman–Crippen MR) is 131 cm³/mol. The summed E-state index contributed by atoms with van der Waals surface area (Å²) in [6.45, 7) is 6.73. The summed E-state index contributed by atoms with van der Waals surface area (Å²) in [6, 6.07) is 14.1. The number of thioether (sulfide) groups is 1. The van der Waals surface area contributed by atoms with E-state index in [1.165, 1.54) is 4.90 Å². The second-order valence-corrected chi connectivity index (χ2v) is 9.70. The fourth-order valence-corrected chi connectivity index (χ4v) is 5.46. The molecule has 0 aromatic heterocycles. The Balaban J connectivity index is 1.70. The fraction of sp³-hybridized carbons (Fsp3) is 0.346. The van der Waals surface area contributed by atoms with Crippen LogP contribution in [0.25, 0.3) is 0 Å². The van der Waals surface area contributed by atoms with Crippen molar-refractivity contribution in [3.63, 3.8) is 0 Å². The second kappa shape index (κ2) is 9.33. The molecule has 32 heavy (non-hydrogen) atoms. The van der Waals surface area contributed by atoms with E-state index in [9.17, 15) is 9.59 Å². The van der Waals surface area contributed by atoms with Gasteiger partial charge in [0.15, 0.2) is 0 Å². The normalized spacial score (nSPS) is 18.8. The van der Waals surface area contributed by atoms with Crippen molar-refractivity contribution in [2.75, 3.05) is 17.2 Å². The van der Waals surface area contributed by atoms with Gasteiger partial charge in [0.1, 0.15) is 5.71 Å². The van der Waals surface area contributed by atoms with E-state index in [0.717, 1.165) is 33.7 Å². The minimum absolute atomic E-state index is 0.0402. The number of nitrogens with zero attached hydrogens (tertiary/aromatic N) is 2. The molecule has 0 saturated heterocycles. The summed E-state index contributed by atoms with van der Waals surface area (Å²) in [4.78, 5) is 33.8. The Morgan fingerprint density at radius 2 is 1.94 bits per heavy atom. The molecule has 2 aromatic rings.